The summed E-state index contributed by atoms with van der Waals surface area (Å²) in [4.78, 5) is 0. The van der Waals surface area contributed by atoms with Gasteiger partial charge in [0.15, 0.2) is 11.6 Å². The second-order valence-electron chi connectivity index (χ2n) is 12.1. The van der Waals surface area contributed by atoms with Crippen LogP contribution in [-0.4, -0.2) is 6.61 Å². The van der Waals surface area contributed by atoms with E-state index in [-0.39, 0.29) is 17.7 Å². The minimum absolute atomic E-state index is 0.154. The van der Waals surface area contributed by atoms with Crippen molar-refractivity contribution in [3.05, 3.63) is 64.5 Å². The van der Waals surface area contributed by atoms with Crippen LogP contribution in [0.25, 0.3) is 0 Å². The molecular weight excluding hydrogens is 481 g/mol. The Morgan fingerprint density at radius 1 is 0.737 bits per heavy atom. The van der Waals surface area contributed by atoms with Crippen LogP contribution in [0, 0.1) is 29.3 Å². The Hall–Kier alpha value is -1.97. The number of aryl methyl sites for hydroxylation is 1. The van der Waals surface area contributed by atoms with Gasteiger partial charge in [-0.1, -0.05) is 70.6 Å². The van der Waals surface area contributed by atoms with E-state index in [1.54, 1.807) is 6.07 Å². The molecule has 0 heterocycles. The Kier molecular flexibility index (Phi) is 11.0. The molecule has 2 aliphatic carbocycles. The Morgan fingerprint density at radius 3 is 2.11 bits per heavy atom. The molecule has 0 unspecified atom stereocenters. The van der Waals surface area contributed by atoms with E-state index in [0.29, 0.717) is 41.7 Å². The first-order chi connectivity index (χ1) is 18.5. The van der Waals surface area contributed by atoms with Crippen LogP contribution >= 0.6 is 0 Å². The van der Waals surface area contributed by atoms with Crippen LogP contribution in [0.5, 0.6) is 5.75 Å². The van der Waals surface area contributed by atoms with Gasteiger partial charge >= 0.3 is 0 Å². The quantitative estimate of drug-likeness (QED) is 0.249. The lowest BCUT2D eigenvalue weighted by Gasteiger charge is -2.29. The zero-order chi connectivity index (χ0) is 26.9. The molecular formula is C34H47F3O. The molecule has 4 heteroatoms. The zero-order valence-electron chi connectivity index (χ0n) is 23.6. The smallest absolute Gasteiger partial charge is 0.162 e. The lowest BCUT2D eigenvalue weighted by Crippen LogP contribution is -2.16. The second-order valence-corrected chi connectivity index (χ2v) is 12.1. The van der Waals surface area contributed by atoms with Gasteiger partial charge in [-0.15, -0.1) is 0 Å². The van der Waals surface area contributed by atoms with E-state index in [2.05, 4.69) is 13.8 Å². The van der Waals surface area contributed by atoms with Gasteiger partial charge in [-0.3, -0.25) is 0 Å². The normalized spacial score (nSPS) is 23.9. The molecule has 2 saturated carbocycles. The topological polar surface area (TPSA) is 9.23 Å². The van der Waals surface area contributed by atoms with Gasteiger partial charge in [0.05, 0.1) is 6.61 Å². The summed E-state index contributed by atoms with van der Waals surface area (Å²) in [6.07, 6.45) is 15.3. The molecule has 0 atom stereocenters. The van der Waals surface area contributed by atoms with Crippen molar-refractivity contribution in [3.8, 4) is 5.75 Å². The van der Waals surface area contributed by atoms with Crippen LogP contribution in [-0.2, 0) is 6.42 Å². The van der Waals surface area contributed by atoms with Gasteiger partial charge in [-0.05, 0) is 104 Å². The molecule has 0 saturated heterocycles. The maximum Gasteiger partial charge on any atom is 0.162 e. The third-order valence-electron chi connectivity index (χ3n) is 9.24. The van der Waals surface area contributed by atoms with Crippen LogP contribution in [0.15, 0.2) is 30.3 Å². The summed E-state index contributed by atoms with van der Waals surface area (Å²) in [6.45, 7) is 5.08. The molecule has 0 amide bonds. The number of benzene rings is 2. The van der Waals surface area contributed by atoms with Crippen molar-refractivity contribution in [1.29, 1.82) is 0 Å². The third-order valence-corrected chi connectivity index (χ3v) is 9.24. The van der Waals surface area contributed by atoms with Crippen LogP contribution in [0.2, 0.25) is 0 Å². The second kappa shape index (κ2) is 14.4. The summed E-state index contributed by atoms with van der Waals surface area (Å²) in [6, 6.07) is 9.02. The minimum Gasteiger partial charge on any atom is -0.493 e. The lowest BCUT2D eigenvalue weighted by molar-refractivity contribution is 0.297. The SMILES string of the molecule is CCCCCCCOc1ccc(C2CCC(CCc3ccc(C4CCC(C)CC4)c(F)c3F)CC2)c(F)c1. The van der Waals surface area contributed by atoms with Crippen molar-refractivity contribution in [1.82, 2.24) is 0 Å². The summed E-state index contributed by atoms with van der Waals surface area (Å²) < 4.78 is 50.5. The monoisotopic (exact) mass is 528 g/mol. The highest BCUT2D eigenvalue weighted by atomic mass is 19.2. The van der Waals surface area contributed by atoms with E-state index in [4.69, 9.17) is 4.74 Å². The molecule has 4 rings (SSSR count). The van der Waals surface area contributed by atoms with Crippen LogP contribution in [0.3, 0.4) is 0 Å². The maximum atomic E-state index is 14.9. The highest BCUT2D eigenvalue weighted by Gasteiger charge is 2.27. The zero-order valence-corrected chi connectivity index (χ0v) is 23.6. The maximum absolute atomic E-state index is 14.9. The predicted molar refractivity (Wildman–Crippen MR) is 150 cm³/mol. The molecule has 38 heavy (non-hydrogen) atoms. The number of halogens is 3. The minimum atomic E-state index is -0.639. The Balaban J connectivity index is 1.22. The Labute approximate surface area is 228 Å². The number of hydrogen-bond acceptors (Lipinski definition) is 1. The van der Waals surface area contributed by atoms with Crippen LogP contribution in [0.1, 0.15) is 132 Å². The fourth-order valence-corrected chi connectivity index (χ4v) is 6.63. The molecule has 1 nitrogen and oxygen atoms in total. The first kappa shape index (κ1) is 29.0. The predicted octanol–water partition coefficient (Wildman–Crippen LogP) is 10.7. The van der Waals surface area contributed by atoms with Crippen molar-refractivity contribution in [2.75, 3.05) is 6.61 Å². The van der Waals surface area contributed by atoms with Gasteiger partial charge in [0.25, 0.3) is 0 Å². The molecule has 2 fully saturated rings. The van der Waals surface area contributed by atoms with Crippen LogP contribution < -0.4 is 4.74 Å². The fraction of sp³-hybridized carbons (Fsp3) is 0.647. The molecule has 0 aliphatic heterocycles. The van der Waals surface area contributed by atoms with Gasteiger partial charge in [0.1, 0.15) is 11.6 Å². The Morgan fingerprint density at radius 2 is 1.39 bits per heavy atom. The van der Waals surface area contributed by atoms with E-state index in [9.17, 15) is 13.2 Å². The average molecular weight is 529 g/mol. The molecule has 210 valence electrons. The van der Waals surface area contributed by atoms with Gasteiger partial charge in [-0.2, -0.15) is 0 Å². The van der Waals surface area contributed by atoms with E-state index in [1.807, 2.05) is 24.3 Å². The molecule has 2 aliphatic rings. The van der Waals surface area contributed by atoms with Gasteiger partial charge in [0.2, 0.25) is 0 Å². The van der Waals surface area contributed by atoms with Gasteiger partial charge in [-0.25, -0.2) is 13.2 Å². The number of unbranched alkanes of at least 4 members (excludes halogenated alkanes) is 4. The van der Waals surface area contributed by atoms with E-state index >= 15 is 0 Å². The third kappa shape index (κ3) is 7.79. The van der Waals surface area contributed by atoms with E-state index in [0.717, 1.165) is 76.2 Å². The molecule has 2 aromatic carbocycles. The summed E-state index contributed by atoms with van der Waals surface area (Å²) in [5.74, 6) is 0.739. The number of rotatable bonds is 12. The van der Waals surface area contributed by atoms with Crippen molar-refractivity contribution in [2.24, 2.45) is 11.8 Å². The fourth-order valence-electron chi connectivity index (χ4n) is 6.63. The number of hydrogen-bond donors (Lipinski definition) is 0. The van der Waals surface area contributed by atoms with Crippen molar-refractivity contribution in [3.63, 3.8) is 0 Å². The van der Waals surface area contributed by atoms with E-state index in [1.165, 1.54) is 19.3 Å². The summed E-state index contributed by atoms with van der Waals surface area (Å²) in [7, 11) is 0. The standard InChI is InChI=1S/C34H47F3O/c1-3-4-5-6-7-22-38-29-19-21-30(32(35)23-29)26-15-10-25(11-16-26)12-17-28-18-20-31(34(37)33(28)36)27-13-8-24(2)9-14-27/h18-21,23-27H,3-17,22H2,1-2H3. The Bertz CT molecular complexity index is 1000. The first-order valence-corrected chi connectivity index (χ1v) is 15.3. The van der Waals surface area contributed by atoms with Gasteiger partial charge < -0.3 is 4.74 Å². The number of ether oxygens (including phenoxy) is 1. The highest BCUT2D eigenvalue weighted by Crippen LogP contribution is 2.40. The molecule has 0 spiro atoms. The van der Waals surface area contributed by atoms with E-state index < -0.39 is 11.6 Å². The molecule has 0 N–H and O–H groups in total. The van der Waals surface area contributed by atoms with Crippen molar-refractivity contribution < 1.29 is 17.9 Å². The van der Waals surface area contributed by atoms with Gasteiger partial charge in [0, 0.05) is 6.07 Å². The molecule has 0 radical (unpaired) electrons. The molecule has 2 aromatic rings. The van der Waals surface area contributed by atoms with Crippen LogP contribution in [0.4, 0.5) is 13.2 Å². The van der Waals surface area contributed by atoms with Crippen molar-refractivity contribution >= 4 is 0 Å². The lowest BCUT2D eigenvalue weighted by atomic mass is 9.76. The highest BCUT2D eigenvalue weighted by molar-refractivity contribution is 5.32. The summed E-state index contributed by atoms with van der Waals surface area (Å²) in [5.41, 5.74) is 1.87. The largest absolute Gasteiger partial charge is 0.493 e. The summed E-state index contributed by atoms with van der Waals surface area (Å²) in [5, 5.41) is 0. The molecule has 0 bridgehead atoms. The average Bonchev–Trinajstić information content (AvgIpc) is 2.93. The first-order valence-electron chi connectivity index (χ1n) is 15.3. The summed E-state index contributed by atoms with van der Waals surface area (Å²) >= 11 is 0. The molecule has 0 aromatic heterocycles. The van der Waals surface area contributed by atoms with Crippen molar-refractivity contribution in [2.45, 2.75) is 122 Å².